The summed E-state index contributed by atoms with van der Waals surface area (Å²) in [4.78, 5) is 11.0. The van der Waals surface area contributed by atoms with E-state index in [-0.39, 0.29) is 5.97 Å². The molecule has 1 aromatic carbocycles. The molecule has 0 saturated heterocycles. The highest BCUT2D eigenvalue weighted by molar-refractivity contribution is 5.70. The first-order valence-corrected chi connectivity index (χ1v) is 7.39. The monoisotopic (exact) mass is 289 g/mol. The van der Waals surface area contributed by atoms with Gasteiger partial charge in [0.1, 0.15) is 5.75 Å². The largest absolute Gasteiger partial charge is 0.426 e. The Kier molecular flexibility index (Phi) is 10.0. The fourth-order valence-electron chi connectivity index (χ4n) is 2.00. The number of ether oxygens (including phenoxy) is 1. The van der Waals surface area contributed by atoms with Crippen molar-refractivity contribution in [1.29, 1.82) is 0 Å². The van der Waals surface area contributed by atoms with Crippen LogP contribution >= 0.6 is 0 Å². The lowest BCUT2D eigenvalue weighted by Crippen LogP contribution is -2.06. The Morgan fingerprint density at radius 3 is 2.48 bits per heavy atom. The predicted octanol–water partition coefficient (Wildman–Crippen LogP) is 3.53. The van der Waals surface area contributed by atoms with Gasteiger partial charge in [0.2, 0.25) is 0 Å². The van der Waals surface area contributed by atoms with Crippen molar-refractivity contribution in [1.82, 2.24) is 5.32 Å². The fraction of sp³-hybridized carbons (Fsp3) is 0.500. The van der Waals surface area contributed by atoms with Gasteiger partial charge in [0, 0.05) is 6.92 Å². The van der Waals surface area contributed by atoms with Gasteiger partial charge in [-0.1, -0.05) is 38.8 Å². The second kappa shape index (κ2) is 10.9. The topological polar surface area (TPSA) is 38.3 Å². The second-order valence-corrected chi connectivity index (χ2v) is 4.81. The van der Waals surface area contributed by atoms with Gasteiger partial charge in [-0.05, 0) is 43.0 Å². The Morgan fingerprint density at radius 1 is 1.43 bits per heavy atom. The third-order valence-corrected chi connectivity index (χ3v) is 3.20. The van der Waals surface area contributed by atoms with E-state index in [1.165, 1.54) is 12.5 Å². The first-order valence-electron chi connectivity index (χ1n) is 7.39. The lowest BCUT2D eigenvalue weighted by Gasteiger charge is -2.16. The molecule has 0 spiro atoms. The highest BCUT2D eigenvalue weighted by atomic mass is 16.5. The Balaban J connectivity index is 0.000000690. The highest BCUT2D eigenvalue weighted by Gasteiger charge is 2.13. The van der Waals surface area contributed by atoms with Crippen molar-refractivity contribution in [2.45, 2.75) is 46.5 Å². The van der Waals surface area contributed by atoms with Crippen LogP contribution in [-0.2, 0) is 11.2 Å². The minimum atomic E-state index is -0.254. The molecule has 1 N–H and O–H groups in total. The average molecular weight is 289 g/mol. The number of terminal acetylenes is 1. The van der Waals surface area contributed by atoms with E-state index < -0.39 is 0 Å². The summed E-state index contributed by atoms with van der Waals surface area (Å²) in [6.45, 7) is 8.57. The standard InChI is InChI=1S/C14H20O2.C4H7N/c1-5-10(3)13-8-7-9-14(12(13)6-2)16-11(4)15;1-3-4-5-2/h7-10H,5-6H2,1-4H3;1,5H,4H2,2H3. The molecule has 0 aromatic heterocycles. The summed E-state index contributed by atoms with van der Waals surface area (Å²) in [5, 5.41) is 2.78. The number of benzene rings is 1. The van der Waals surface area contributed by atoms with Crippen molar-refractivity contribution in [3.05, 3.63) is 29.3 Å². The number of carbonyl (C=O) groups is 1. The molecule has 0 fully saturated rings. The van der Waals surface area contributed by atoms with E-state index in [0.29, 0.717) is 18.2 Å². The van der Waals surface area contributed by atoms with Gasteiger partial charge in [-0.25, -0.2) is 0 Å². The van der Waals surface area contributed by atoms with Gasteiger partial charge < -0.3 is 10.1 Å². The molecule has 0 bridgehead atoms. The van der Waals surface area contributed by atoms with E-state index in [4.69, 9.17) is 11.2 Å². The summed E-state index contributed by atoms with van der Waals surface area (Å²) in [6.07, 6.45) is 6.81. The van der Waals surface area contributed by atoms with Gasteiger partial charge in [-0.3, -0.25) is 4.79 Å². The van der Waals surface area contributed by atoms with Crippen molar-refractivity contribution in [3.63, 3.8) is 0 Å². The van der Waals surface area contributed by atoms with Gasteiger partial charge >= 0.3 is 5.97 Å². The van der Waals surface area contributed by atoms with Gasteiger partial charge in [0.25, 0.3) is 0 Å². The zero-order valence-electron chi connectivity index (χ0n) is 13.8. The van der Waals surface area contributed by atoms with Gasteiger partial charge in [-0.2, -0.15) is 0 Å². The molecule has 0 aliphatic heterocycles. The van der Waals surface area contributed by atoms with Crippen LogP contribution in [0.2, 0.25) is 0 Å². The van der Waals surface area contributed by atoms with Gasteiger partial charge in [0.05, 0.1) is 6.54 Å². The second-order valence-electron chi connectivity index (χ2n) is 4.81. The van der Waals surface area contributed by atoms with E-state index in [0.717, 1.165) is 18.4 Å². The third-order valence-electron chi connectivity index (χ3n) is 3.20. The molecular formula is C18H27NO2. The maximum absolute atomic E-state index is 11.0. The molecule has 0 aliphatic rings. The Labute approximate surface area is 129 Å². The predicted molar refractivity (Wildman–Crippen MR) is 88.6 cm³/mol. The Morgan fingerprint density at radius 2 is 2.10 bits per heavy atom. The van der Waals surface area contributed by atoms with E-state index in [9.17, 15) is 4.79 Å². The minimum Gasteiger partial charge on any atom is -0.426 e. The molecular weight excluding hydrogens is 262 g/mol. The maximum atomic E-state index is 11.0. The summed E-state index contributed by atoms with van der Waals surface area (Å²) in [5.41, 5.74) is 2.45. The van der Waals surface area contributed by atoms with Crippen LogP contribution in [0.4, 0.5) is 0 Å². The third kappa shape index (κ3) is 6.97. The first kappa shape index (κ1) is 19.2. The van der Waals surface area contributed by atoms with Crippen LogP contribution in [0.1, 0.15) is 51.2 Å². The number of hydrogen-bond donors (Lipinski definition) is 1. The average Bonchev–Trinajstić information content (AvgIpc) is 2.47. The molecule has 1 unspecified atom stereocenters. The number of hydrogen-bond acceptors (Lipinski definition) is 3. The molecule has 0 saturated carbocycles. The molecule has 1 rings (SSSR count). The van der Waals surface area contributed by atoms with Crippen LogP contribution in [0.25, 0.3) is 0 Å². The summed E-state index contributed by atoms with van der Waals surface area (Å²) >= 11 is 0. The zero-order chi connectivity index (χ0) is 16.3. The van der Waals surface area contributed by atoms with Crippen LogP contribution in [0.3, 0.4) is 0 Å². The van der Waals surface area contributed by atoms with Crippen molar-refractivity contribution < 1.29 is 9.53 Å². The van der Waals surface area contributed by atoms with E-state index in [2.05, 4.69) is 38.1 Å². The van der Waals surface area contributed by atoms with E-state index in [1.54, 1.807) is 0 Å². The van der Waals surface area contributed by atoms with Crippen LogP contribution in [-0.4, -0.2) is 19.6 Å². The molecule has 0 amide bonds. The molecule has 3 nitrogen and oxygen atoms in total. The molecule has 0 heterocycles. The fourth-order valence-corrected chi connectivity index (χ4v) is 2.00. The van der Waals surface area contributed by atoms with Gasteiger partial charge in [-0.15, -0.1) is 6.42 Å². The molecule has 1 aromatic rings. The quantitative estimate of drug-likeness (QED) is 0.512. The zero-order valence-corrected chi connectivity index (χ0v) is 13.8. The molecule has 0 aliphatic carbocycles. The van der Waals surface area contributed by atoms with E-state index in [1.807, 2.05) is 19.2 Å². The molecule has 116 valence electrons. The Bertz CT molecular complexity index is 475. The smallest absolute Gasteiger partial charge is 0.308 e. The summed E-state index contributed by atoms with van der Waals surface area (Å²) in [6, 6.07) is 5.95. The lowest BCUT2D eigenvalue weighted by molar-refractivity contribution is -0.131. The number of carbonyl (C=O) groups excluding carboxylic acids is 1. The van der Waals surface area contributed by atoms with Crippen molar-refractivity contribution in [2.75, 3.05) is 13.6 Å². The normalized spacial score (nSPS) is 10.9. The molecule has 3 heteroatoms. The van der Waals surface area contributed by atoms with Gasteiger partial charge in [0.15, 0.2) is 0 Å². The Hall–Kier alpha value is -1.79. The van der Waals surface area contributed by atoms with E-state index >= 15 is 0 Å². The summed E-state index contributed by atoms with van der Waals surface area (Å²) < 4.78 is 5.23. The maximum Gasteiger partial charge on any atom is 0.308 e. The lowest BCUT2D eigenvalue weighted by atomic mass is 9.92. The minimum absolute atomic E-state index is 0.254. The summed E-state index contributed by atoms with van der Waals surface area (Å²) in [7, 11) is 1.82. The molecule has 21 heavy (non-hydrogen) atoms. The number of esters is 1. The van der Waals surface area contributed by atoms with Crippen molar-refractivity contribution >= 4 is 5.97 Å². The highest BCUT2D eigenvalue weighted by Crippen LogP contribution is 2.30. The van der Waals surface area contributed by atoms with Crippen LogP contribution in [0.5, 0.6) is 5.75 Å². The number of rotatable bonds is 5. The van der Waals surface area contributed by atoms with Crippen molar-refractivity contribution in [3.8, 4) is 18.1 Å². The summed E-state index contributed by atoms with van der Waals surface area (Å²) in [5.74, 6) is 3.37. The van der Waals surface area contributed by atoms with Crippen LogP contribution in [0.15, 0.2) is 18.2 Å². The molecule has 0 radical (unpaired) electrons. The van der Waals surface area contributed by atoms with Crippen LogP contribution < -0.4 is 10.1 Å². The van der Waals surface area contributed by atoms with Crippen molar-refractivity contribution in [2.24, 2.45) is 0 Å². The SMILES string of the molecule is C#CCNC.CCc1c(OC(C)=O)cccc1C(C)CC. The first-order chi connectivity index (χ1) is 10.0. The molecule has 1 atom stereocenters. The van der Waals surface area contributed by atoms with Crippen LogP contribution in [0, 0.1) is 12.3 Å². The number of nitrogens with one attached hydrogen (secondary N) is 1.